The maximum Gasteiger partial charge on any atom is 0.203 e. The Bertz CT molecular complexity index is 809. The highest BCUT2D eigenvalue weighted by atomic mass is 32.1. The monoisotopic (exact) mass is 329 g/mol. The van der Waals surface area contributed by atoms with Crippen LogP contribution in [0.25, 0.3) is 0 Å². The normalized spacial score (nSPS) is 10.5. The molecule has 0 spiro atoms. The Morgan fingerprint density at radius 3 is 2.55 bits per heavy atom. The summed E-state index contributed by atoms with van der Waals surface area (Å²) in [6.45, 7) is 0.540. The lowest BCUT2D eigenvalue weighted by Gasteiger charge is -2.08. The van der Waals surface area contributed by atoms with Crippen LogP contribution in [0.2, 0.25) is 0 Å². The van der Waals surface area contributed by atoms with Gasteiger partial charge in [-0.3, -0.25) is 0 Å². The van der Waals surface area contributed by atoms with Gasteiger partial charge in [-0.15, -0.1) is 11.3 Å². The number of aromatic amines is 1. The summed E-state index contributed by atoms with van der Waals surface area (Å²) in [5.74, 6) is 0.977. The van der Waals surface area contributed by atoms with Gasteiger partial charge in [0.15, 0.2) is 3.95 Å². The molecule has 2 N–H and O–H groups in total. The molecule has 0 saturated heterocycles. The second kappa shape index (κ2) is 6.77. The molecule has 0 amide bonds. The summed E-state index contributed by atoms with van der Waals surface area (Å²) in [5, 5.41) is 9.77. The van der Waals surface area contributed by atoms with E-state index in [1.54, 1.807) is 0 Å². The quantitative estimate of drug-likeness (QED) is 0.668. The summed E-state index contributed by atoms with van der Waals surface area (Å²) < 4.78 is 6.41. The van der Waals surface area contributed by atoms with Crippen molar-refractivity contribution in [3.05, 3.63) is 74.6 Å². The number of nitrogens with one attached hydrogen (secondary N) is 1. The van der Waals surface area contributed by atoms with Gasteiger partial charge < -0.3 is 14.8 Å². The Kier molecular flexibility index (Phi) is 4.56. The van der Waals surface area contributed by atoms with Gasteiger partial charge in [-0.2, -0.15) is 0 Å². The zero-order valence-corrected chi connectivity index (χ0v) is 13.4. The van der Waals surface area contributed by atoms with E-state index in [0.717, 1.165) is 21.8 Å². The molecule has 3 rings (SSSR count). The van der Waals surface area contributed by atoms with Crippen molar-refractivity contribution in [2.45, 2.75) is 13.0 Å². The van der Waals surface area contributed by atoms with Crippen molar-refractivity contribution in [3.63, 3.8) is 0 Å². The molecule has 0 aliphatic carbocycles. The van der Waals surface area contributed by atoms with E-state index in [2.05, 4.69) is 4.98 Å². The number of hydrogen-bond acceptors (Lipinski definition) is 4. The topological polar surface area (TPSA) is 45.2 Å². The minimum absolute atomic E-state index is 0.158. The first-order chi connectivity index (χ1) is 10.7. The minimum atomic E-state index is 0.158. The molecule has 0 atom stereocenters. The number of aromatic hydroxyl groups is 1. The molecule has 0 fully saturated rings. The third-order valence-corrected chi connectivity index (χ3v) is 4.44. The molecule has 112 valence electrons. The molecule has 0 bridgehead atoms. The Morgan fingerprint density at radius 1 is 1.05 bits per heavy atom. The van der Waals surface area contributed by atoms with Gasteiger partial charge >= 0.3 is 0 Å². The van der Waals surface area contributed by atoms with Crippen LogP contribution in [0.15, 0.2) is 54.6 Å². The molecule has 0 aliphatic heterocycles. The van der Waals surface area contributed by atoms with Gasteiger partial charge in [-0.1, -0.05) is 42.5 Å². The van der Waals surface area contributed by atoms with Gasteiger partial charge in [0, 0.05) is 6.42 Å². The highest BCUT2D eigenvalue weighted by Gasteiger charge is 2.07. The van der Waals surface area contributed by atoms with Gasteiger partial charge in [-0.25, -0.2) is 0 Å². The number of benzene rings is 2. The molecule has 1 heterocycles. The summed E-state index contributed by atoms with van der Waals surface area (Å²) in [5.41, 5.74) is 2.21. The number of hydrogen-bond donors (Lipinski definition) is 2. The zero-order chi connectivity index (χ0) is 15.4. The van der Waals surface area contributed by atoms with Crippen molar-refractivity contribution >= 4 is 23.6 Å². The van der Waals surface area contributed by atoms with Gasteiger partial charge in [0.1, 0.15) is 12.4 Å². The molecule has 3 aromatic rings. The van der Waals surface area contributed by atoms with Gasteiger partial charge in [0.2, 0.25) is 5.88 Å². The molecule has 22 heavy (non-hydrogen) atoms. The van der Waals surface area contributed by atoms with Crippen LogP contribution in [-0.2, 0) is 13.0 Å². The first-order valence-corrected chi connectivity index (χ1v) is 8.10. The predicted molar refractivity (Wildman–Crippen MR) is 91.2 cm³/mol. The van der Waals surface area contributed by atoms with E-state index in [0.29, 0.717) is 17.0 Å². The van der Waals surface area contributed by atoms with Crippen LogP contribution in [0.1, 0.15) is 16.0 Å². The van der Waals surface area contributed by atoms with Crippen LogP contribution in [-0.4, -0.2) is 10.1 Å². The van der Waals surface area contributed by atoms with Gasteiger partial charge in [0.05, 0.1) is 4.88 Å². The highest BCUT2D eigenvalue weighted by molar-refractivity contribution is 7.73. The Labute approximate surface area is 137 Å². The standard InChI is InChI=1S/C17H15NO2S2/c19-16-15(22-17(21)18-16)10-13-7-4-8-14(9-13)20-11-12-5-2-1-3-6-12/h1-9,19H,10-11H2,(H,18,21). The van der Waals surface area contributed by atoms with Crippen LogP contribution in [0.4, 0.5) is 0 Å². The second-order valence-electron chi connectivity index (χ2n) is 4.88. The molecular formula is C17H15NO2S2. The number of H-pyrrole nitrogens is 1. The lowest BCUT2D eigenvalue weighted by Crippen LogP contribution is -1.95. The molecule has 5 heteroatoms. The second-order valence-corrected chi connectivity index (χ2v) is 6.66. The first kappa shape index (κ1) is 14.8. The number of rotatable bonds is 5. The predicted octanol–water partition coefficient (Wildman–Crippen LogP) is 4.68. The average Bonchev–Trinajstić information content (AvgIpc) is 2.84. The smallest absolute Gasteiger partial charge is 0.203 e. The molecule has 3 nitrogen and oxygen atoms in total. The van der Waals surface area contributed by atoms with Crippen molar-refractivity contribution in [1.29, 1.82) is 0 Å². The summed E-state index contributed by atoms with van der Waals surface area (Å²) >= 11 is 6.43. The van der Waals surface area contributed by atoms with E-state index in [9.17, 15) is 5.11 Å². The molecule has 0 radical (unpaired) electrons. The van der Waals surface area contributed by atoms with Crippen LogP contribution in [0.3, 0.4) is 0 Å². The first-order valence-electron chi connectivity index (χ1n) is 6.87. The fourth-order valence-electron chi connectivity index (χ4n) is 2.14. The maximum atomic E-state index is 9.77. The Morgan fingerprint density at radius 2 is 1.82 bits per heavy atom. The Hall–Kier alpha value is -2.11. The van der Waals surface area contributed by atoms with Crippen molar-refractivity contribution in [2.24, 2.45) is 0 Å². The lowest BCUT2D eigenvalue weighted by atomic mass is 10.1. The van der Waals surface area contributed by atoms with E-state index in [4.69, 9.17) is 17.0 Å². The largest absolute Gasteiger partial charge is 0.494 e. The third kappa shape index (κ3) is 3.75. The maximum absolute atomic E-state index is 9.77. The van der Waals surface area contributed by atoms with Gasteiger partial charge in [-0.05, 0) is 35.5 Å². The van der Waals surface area contributed by atoms with Crippen molar-refractivity contribution < 1.29 is 9.84 Å². The molecule has 2 aromatic carbocycles. The van der Waals surface area contributed by atoms with Crippen LogP contribution >= 0.6 is 23.6 Å². The fourth-order valence-corrected chi connectivity index (χ4v) is 3.30. The van der Waals surface area contributed by atoms with E-state index >= 15 is 0 Å². The summed E-state index contributed by atoms with van der Waals surface area (Å²) in [6.07, 6.45) is 0.631. The van der Waals surface area contributed by atoms with Crippen LogP contribution in [0.5, 0.6) is 11.6 Å². The molecule has 0 aliphatic rings. The highest BCUT2D eigenvalue weighted by Crippen LogP contribution is 2.26. The van der Waals surface area contributed by atoms with E-state index < -0.39 is 0 Å². The van der Waals surface area contributed by atoms with Crippen molar-refractivity contribution in [1.82, 2.24) is 4.98 Å². The van der Waals surface area contributed by atoms with E-state index in [1.807, 2.05) is 54.6 Å². The van der Waals surface area contributed by atoms with E-state index in [1.165, 1.54) is 11.3 Å². The van der Waals surface area contributed by atoms with Crippen molar-refractivity contribution in [3.8, 4) is 11.6 Å². The number of aromatic nitrogens is 1. The zero-order valence-electron chi connectivity index (χ0n) is 11.8. The lowest BCUT2D eigenvalue weighted by molar-refractivity contribution is 0.306. The Balaban J connectivity index is 1.70. The number of ether oxygens (including phenoxy) is 1. The molecule has 0 unspecified atom stereocenters. The molecule has 1 aromatic heterocycles. The van der Waals surface area contributed by atoms with E-state index in [-0.39, 0.29) is 5.88 Å². The van der Waals surface area contributed by atoms with Gasteiger partial charge in [0.25, 0.3) is 0 Å². The fraction of sp³-hybridized carbons (Fsp3) is 0.118. The minimum Gasteiger partial charge on any atom is -0.494 e. The van der Waals surface area contributed by atoms with Crippen LogP contribution < -0.4 is 4.74 Å². The summed E-state index contributed by atoms with van der Waals surface area (Å²) in [4.78, 5) is 3.58. The molecular weight excluding hydrogens is 314 g/mol. The SMILES string of the molecule is Oc1[nH]c(=S)sc1Cc1cccc(OCc2ccccc2)c1. The van der Waals surface area contributed by atoms with Crippen LogP contribution in [0, 0.1) is 3.95 Å². The average molecular weight is 329 g/mol. The third-order valence-electron chi connectivity index (χ3n) is 3.21. The number of thiazole rings is 1. The summed E-state index contributed by atoms with van der Waals surface area (Å²) in [6, 6.07) is 18.0. The molecule has 0 saturated carbocycles. The van der Waals surface area contributed by atoms with Crippen molar-refractivity contribution in [2.75, 3.05) is 0 Å². The summed E-state index contributed by atoms with van der Waals surface area (Å²) in [7, 11) is 0.